The van der Waals surface area contributed by atoms with E-state index in [0.29, 0.717) is 44.0 Å². The predicted octanol–water partition coefficient (Wildman–Crippen LogP) is 1.90. The Morgan fingerprint density at radius 1 is 1.14 bits per heavy atom. The lowest BCUT2D eigenvalue weighted by atomic mass is 9.99. The summed E-state index contributed by atoms with van der Waals surface area (Å²) in [5.74, 6) is 0.796. The Labute approximate surface area is 164 Å². The Bertz CT molecular complexity index is 839. The van der Waals surface area contributed by atoms with Crippen molar-refractivity contribution in [2.24, 2.45) is 5.92 Å². The molecule has 0 radical (unpaired) electrons. The van der Waals surface area contributed by atoms with Gasteiger partial charge < -0.3 is 15.4 Å². The number of aryl methyl sites for hydroxylation is 1. The lowest BCUT2D eigenvalue weighted by Gasteiger charge is -2.13. The van der Waals surface area contributed by atoms with Crippen LogP contribution in [0.4, 0.5) is 0 Å². The van der Waals surface area contributed by atoms with Crippen LogP contribution in [-0.4, -0.2) is 42.0 Å². The molecule has 2 aromatic rings. The van der Waals surface area contributed by atoms with Crippen molar-refractivity contribution in [1.29, 1.82) is 0 Å². The number of carbonyl (C=O) groups excluding carboxylic acids is 2. The molecule has 1 aromatic carbocycles. The molecule has 0 saturated heterocycles. The molecule has 1 aromatic heterocycles. The van der Waals surface area contributed by atoms with Crippen molar-refractivity contribution in [3.05, 3.63) is 41.6 Å². The van der Waals surface area contributed by atoms with E-state index in [1.165, 1.54) is 0 Å². The van der Waals surface area contributed by atoms with Gasteiger partial charge in [-0.1, -0.05) is 30.3 Å². The number of likely N-dealkylation sites (N-methyl/N-ethyl adjacent to an activating group) is 1. The second kappa shape index (κ2) is 9.30. The molecule has 0 spiro atoms. The number of carbonyl (C=O) groups is 2. The Morgan fingerprint density at radius 2 is 1.89 bits per heavy atom. The van der Waals surface area contributed by atoms with Crippen LogP contribution >= 0.6 is 0 Å². The number of nitrogens with one attached hydrogen (secondary N) is 2. The van der Waals surface area contributed by atoms with Gasteiger partial charge in [-0.15, -0.1) is 0 Å². The highest BCUT2D eigenvalue weighted by molar-refractivity contribution is 5.85. The average Bonchev–Trinajstić information content (AvgIpc) is 2.95. The van der Waals surface area contributed by atoms with Crippen molar-refractivity contribution >= 4 is 11.8 Å². The molecule has 1 aliphatic rings. The SMILES string of the molecule is CCOc1nc(-c2ccccc2)nc2c1CCC(C(=O)NCC(=O)NC)CC2. The molecule has 1 aliphatic carbocycles. The lowest BCUT2D eigenvalue weighted by Crippen LogP contribution is -2.38. The highest BCUT2D eigenvalue weighted by Crippen LogP contribution is 2.31. The summed E-state index contributed by atoms with van der Waals surface area (Å²) in [6, 6.07) is 9.82. The molecule has 1 atom stereocenters. The summed E-state index contributed by atoms with van der Waals surface area (Å²) < 4.78 is 5.81. The van der Waals surface area contributed by atoms with E-state index in [1.54, 1.807) is 7.05 Å². The maximum atomic E-state index is 12.5. The molecule has 7 nitrogen and oxygen atoms in total. The van der Waals surface area contributed by atoms with E-state index < -0.39 is 0 Å². The van der Waals surface area contributed by atoms with Crippen LogP contribution in [0.2, 0.25) is 0 Å². The molecule has 1 heterocycles. The normalized spacial score (nSPS) is 15.9. The van der Waals surface area contributed by atoms with Crippen LogP contribution in [0.3, 0.4) is 0 Å². The smallest absolute Gasteiger partial charge is 0.239 e. The van der Waals surface area contributed by atoms with E-state index in [-0.39, 0.29) is 24.3 Å². The molecule has 2 amide bonds. The molecule has 148 valence electrons. The number of nitrogens with zero attached hydrogens (tertiary/aromatic N) is 2. The van der Waals surface area contributed by atoms with Crippen molar-refractivity contribution < 1.29 is 14.3 Å². The van der Waals surface area contributed by atoms with Crippen LogP contribution in [0, 0.1) is 5.92 Å². The largest absolute Gasteiger partial charge is 0.478 e. The van der Waals surface area contributed by atoms with Crippen LogP contribution < -0.4 is 15.4 Å². The van der Waals surface area contributed by atoms with Gasteiger partial charge in [0, 0.05) is 24.1 Å². The minimum Gasteiger partial charge on any atom is -0.478 e. The third-order valence-corrected chi connectivity index (χ3v) is 4.91. The van der Waals surface area contributed by atoms with Crippen LogP contribution in [0.25, 0.3) is 11.4 Å². The number of ether oxygens (including phenoxy) is 1. The number of fused-ring (bicyclic) bond motifs is 1. The van der Waals surface area contributed by atoms with E-state index in [0.717, 1.165) is 16.8 Å². The van der Waals surface area contributed by atoms with Gasteiger partial charge in [-0.2, -0.15) is 4.98 Å². The van der Waals surface area contributed by atoms with Crippen molar-refractivity contribution in [2.45, 2.75) is 32.6 Å². The highest BCUT2D eigenvalue weighted by atomic mass is 16.5. The van der Waals surface area contributed by atoms with Crippen molar-refractivity contribution in [3.8, 4) is 17.3 Å². The molecule has 0 fully saturated rings. The van der Waals surface area contributed by atoms with Gasteiger partial charge in [0.2, 0.25) is 17.7 Å². The van der Waals surface area contributed by atoms with Crippen molar-refractivity contribution in [2.75, 3.05) is 20.2 Å². The van der Waals surface area contributed by atoms with E-state index in [1.807, 2.05) is 37.3 Å². The third-order valence-electron chi connectivity index (χ3n) is 4.91. The zero-order chi connectivity index (χ0) is 19.9. The zero-order valence-corrected chi connectivity index (χ0v) is 16.3. The minimum atomic E-state index is -0.206. The summed E-state index contributed by atoms with van der Waals surface area (Å²) in [4.78, 5) is 33.3. The Morgan fingerprint density at radius 3 is 2.61 bits per heavy atom. The topological polar surface area (TPSA) is 93.2 Å². The second-order valence-electron chi connectivity index (χ2n) is 6.74. The molecule has 0 saturated carbocycles. The molecule has 1 unspecified atom stereocenters. The Balaban J connectivity index is 1.81. The minimum absolute atomic E-state index is 0.000931. The first-order valence-electron chi connectivity index (χ1n) is 9.68. The van der Waals surface area contributed by atoms with Gasteiger partial charge in [0.1, 0.15) is 0 Å². The van der Waals surface area contributed by atoms with Crippen LogP contribution in [0.15, 0.2) is 30.3 Å². The lowest BCUT2D eigenvalue weighted by molar-refractivity contribution is -0.128. The quantitative estimate of drug-likeness (QED) is 0.745. The second-order valence-corrected chi connectivity index (χ2v) is 6.74. The fourth-order valence-electron chi connectivity index (χ4n) is 3.37. The molecule has 3 rings (SSSR count). The number of rotatable bonds is 6. The van der Waals surface area contributed by atoms with E-state index in [4.69, 9.17) is 9.72 Å². The molecule has 7 heteroatoms. The van der Waals surface area contributed by atoms with Crippen molar-refractivity contribution in [1.82, 2.24) is 20.6 Å². The van der Waals surface area contributed by atoms with Gasteiger partial charge in [0.25, 0.3) is 0 Å². The van der Waals surface area contributed by atoms with Gasteiger partial charge in [-0.3, -0.25) is 9.59 Å². The standard InChI is InChI=1S/C21H26N4O3/c1-3-28-21-16-11-9-15(20(27)23-13-18(26)22-2)10-12-17(16)24-19(25-21)14-7-5-4-6-8-14/h4-8,15H,3,9-13H2,1-2H3,(H,22,26)(H,23,27). The summed E-state index contributed by atoms with van der Waals surface area (Å²) in [6.45, 7) is 2.46. The maximum absolute atomic E-state index is 12.5. The fourth-order valence-corrected chi connectivity index (χ4v) is 3.37. The molecule has 2 N–H and O–H groups in total. The third kappa shape index (κ3) is 4.65. The first kappa shape index (κ1) is 19.8. The van der Waals surface area contributed by atoms with Crippen LogP contribution in [0.5, 0.6) is 5.88 Å². The Kier molecular flexibility index (Phi) is 6.57. The summed E-state index contributed by atoms with van der Waals surface area (Å²) in [6.07, 6.45) is 2.72. The molecule has 0 aliphatic heterocycles. The van der Waals surface area contributed by atoms with Gasteiger partial charge in [-0.05, 0) is 32.6 Å². The molecular formula is C21H26N4O3. The number of aromatic nitrogens is 2. The van der Waals surface area contributed by atoms with E-state index in [9.17, 15) is 9.59 Å². The summed E-state index contributed by atoms with van der Waals surface area (Å²) >= 11 is 0. The first-order valence-corrected chi connectivity index (χ1v) is 9.68. The molecule has 28 heavy (non-hydrogen) atoms. The van der Waals surface area contributed by atoms with E-state index >= 15 is 0 Å². The Hall–Kier alpha value is -2.96. The molecular weight excluding hydrogens is 356 g/mol. The first-order chi connectivity index (χ1) is 13.6. The molecule has 0 bridgehead atoms. The maximum Gasteiger partial charge on any atom is 0.239 e. The highest BCUT2D eigenvalue weighted by Gasteiger charge is 2.26. The monoisotopic (exact) mass is 382 g/mol. The predicted molar refractivity (Wildman–Crippen MR) is 106 cm³/mol. The van der Waals surface area contributed by atoms with Gasteiger partial charge in [0.05, 0.1) is 18.8 Å². The number of amides is 2. The number of hydrogen-bond acceptors (Lipinski definition) is 5. The van der Waals surface area contributed by atoms with Gasteiger partial charge in [-0.25, -0.2) is 4.98 Å². The van der Waals surface area contributed by atoms with E-state index in [2.05, 4.69) is 15.6 Å². The van der Waals surface area contributed by atoms with Gasteiger partial charge >= 0.3 is 0 Å². The van der Waals surface area contributed by atoms with Crippen LogP contribution in [0.1, 0.15) is 31.0 Å². The fraction of sp³-hybridized carbons (Fsp3) is 0.429. The number of benzene rings is 1. The summed E-state index contributed by atoms with van der Waals surface area (Å²) in [5.41, 5.74) is 2.87. The summed E-state index contributed by atoms with van der Waals surface area (Å²) in [7, 11) is 1.55. The van der Waals surface area contributed by atoms with Crippen molar-refractivity contribution in [3.63, 3.8) is 0 Å². The van der Waals surface area contributed by atoms with Crippen LogP contribution in [-0.2, 0) is 22.4 Å². The summed E-state index contributed by atoms with van der Waals surface area (Å²) in [5, 5.41) is 5.22. The van der Waals surface area contributed by atoms with Gasteiger partial charge in [0.15, 0.2) is 5.82 Å². The number of hydrogen-bond donors (Lipinski definition) is 2. The average molecular weight is 382 g/mol. The zero-order valence-electron chi connectivity index (χ0n) is 16.3.